The number of rotatable bonds is 4. The van der Waals surface area contributed by atoms with Crippen molar-refractivity contribution in [2.24, 2.45) is 0 Å². The lowest BCUT2D eigenvalue weighted by Gasteiger charge is -2.08. The van der Waals surface area contributed by atoms with Crippen molar-refractivity contribution >= 4 is 11.6 Å². The number of nitrogens with zero attached hydrogens (tertiary/aromatic N) is 3. The number of benzene rings is 3. The van der Waals surface area contributed by atoms with E-state index >= 15 is 0 Å². The summed E-state index contributed by atoms with van der Waals surface area (Å²) in [6.45, 7) is 0. The van der Waals surface area contributed by atoms with Crippen LogP contribution in [0.15, 0.2) is 84.9 Å². The average molecular weight is 360 g/mol. The van der Waals surface area contributed by atoms with Crippen LogP contribution < -0.4 is 4.74 Å². The predicted octanol–water partition coefficient (Wildman–Crippen LogP) is 5.65. The molecule has 0 fully saturated rings. The summed E-state index contributed by atoms with van der Waals surface area (Å²) >= 11 is 6.13. The SMILES string of the molecule is Clc1nc(-c2ccccc2)nc(-c2cccc(Oc3ccccc3)c2)n1. The molecular weight excluding hydrogens is 346 g/mol. The second kappa shape index (κ2) is 7.33. The Morgan fingerprint density at radius 1 is 0.577 bits per heavy atom. The van der Waals surface area contributed by atoms with Crippen molar-refractivity contribution in [2.45, 2.75) is 0 Å². The Labute approximate surface area is 156 Å². The van der Waals surface area contributed by atoms with E-state index in [0.29, 0.717) is 17.4 Å². The molecular formula is C21H14ClN3O. The van der Waals surface area contributed by atoms with Crippen molar-refractivity contribution < 1.29 is 4.74 Å². The Morgan fingerprint density at radius 3 is 1.88 bits per heavy atom. The van der Waals surface area contributed by atoms with E-state index in [1.54, 1.807) is 0 Å². The van der Waals surface area contributed by atoms with Crippen molar-refractivity contribution in [3.05, 3.63) is 90.2 Å². The van der Waals surface area contributed by atoms with E-state index in [4.69, 9.17) is 16.3 Å². The van der Waals surface area contributed by atoms with Gasteiger partial charge in [0.25, 0.3) is 0 Å². The predicted molar refractivity (Wildman–Crippen MR) is 102 cm³/mol. The minimum atomic E-state index is 0.156. The molecule has 26 heavy (non-hydrogen) atoms. The lowest BCUT2D eigenvalue weighted by molar-refractivity contribution is 0.483. The van der Waals surface area contributed by atoms with Gasteiger partial charge in [-0.15, -0.1) is 0 Å². The van der Waals surface area contributed by atoms with Crippen LogP contribution in [0.5, 0.6) is 11.5 Å². The Bertz CT molecular complexity index is 1020. The van der Waals surface area contributed by atoms with Gasteiger partial charge in [0.15, 0.2) is 11.6 Å². The fraction of sp³-hybridized carbons (Fsp3) is 0. The molecule has 0 radical (unpaired) electrons. The van der Waals surface area contributed by atoms with Gasteiger partial charge < -0.3 is 4.74 Å². The van der Waals surface area contributed by atoms with Gasteiger partial charge in [0.1, 0.15) is 11.5 Å². The molecule has 0 saturated heterocycles. The fourth-order valence-electron chi connectivity index (χ4n) is 2.52. The van der Waals surface area contributed by atoms with E-state index in [9.17, 15) is 0 Å². The highest BCUT2D eigenvalue weighted by atomic mass is 35.5. The Kier molecular flexibility index (Phi) is 4.58. The quantitative estimate of drug-likeness (QED) is 0.472. The maximum atomic E-state index is 6.13. The molecule has 4 nitrogen and oxygen atoms in total. The lowest BCUT2D eigenvalue weighted by Crippen LogP contribution is -1.97. The van der Waals surface area contributed by atoms with Crippen LogP contribution in [0.4, 0.5) is 0 Å². The Morgan fingerprint density at radius 2 is 1.15 bits per heavy atom. The summed E-state index contributed by atoms with van der Waals surface area (Å²) in [5.41, 5.74) is 1.69. The summed E-state index contributed by atoms with van der Waals surface area (Å²) in [5.74, 6) is 2.51. The topological polar surface area (TPSA) is 47.9 Å². The first-order valence-corrected chi connectivity index (χ1v) is 8.46. The maximum Gasteiger partial charge on any atom is 0.226 e. The monoisotopic (exact) mass is 359 g/mol. The van der Waals surface area contributed by atoms with Crippen LogP contribution in [0.25, 0.3) is 22.8 Å². The zero-order valence-electron chi connectivity index (χ0n) is 13.7. The molecule has 5 heteroatoms. The largest absolute Gasteiger partial charge is 0.457 e. The third-order valence-electron chi connectivity index (χ3n) is 3.71. The second-order valence-corrected chi connectivity index (χ2v) is 5.90. The molecule has 0 amide bonds. The van der Waals surface area contributed by atoms with Crippen molar-refractivity contribution in [2.75, 3.05) is 0 Å². The van der Waals surface area contributed by atoms with Crippen molar-refractivity contribution in [3.63, 3.8) is 0 Å². The van der Waals surface area contributed by atoms with E-state index in [2.05, 4.69) is 15.0 Å². The number of ether oxygens (including phenoxy) is 1. The smallest absolute Gasteiger partial charge is 0.226 e. The first-order valence-electron chi connectivity index (χ1n) is 8.08. The molecule has 1 heterocycles. The van der Waals surface area contributed by atoms with E-state index in [0.717, 1.165) is 16.9 Å². The standard InChI is InChI=1S/C21H14ClN3O/c22-21-24-19(15-8-3-1-4-9-15)23-20(25-21)16-10-7-13-18(14-16)26-17-11-5-2-6-12-17/h1-14H. The van der Waals surface area contributed by atoms with Gasteiger partial charge in [0, 0.05) is 11.1 Å². The Balaban J connectivity index is 1.69. The van der Waals surface area contributed by atoms with Crippen LogP contribution in [0.2, 0.25) is 5.28 Å². The number of halogens is 1. The van der Waals surface area contributed by atoms with Crippen molar-refractivity contribution in [3.8, 4) is 34.3 Å². The molecule has 0 aliphatic heterocycles. The lowest BCUT2D eigenvalue weighted by atomic mass is 10.2. The molecule has 0 aliphatic carbocycles. The number of hydrogen-bond donors (Lipinski definition) is 0. The second-order valence-electron chi connectivity index (χ2n) is 5.56. The van der Waals surface area contributed by atoms with E-state index in [1.165, 1.54) is 0 Å². The molecule has 4 aromatic rings. The van der Waals surface area contributed by atoms with Crippen molar-refractivity contribution in [1.82, 2.24) is 15.0 Å². The molecule has 0 bridgehead atoms. The van der Waals surface area contributed by atoms with E-state index in [-0.39, 0.29) is 5.28 Å². The number of para-hydroxylation sites is 1. The van der Waals surface area contributed by atoms with Gasteiger partial charge in [-0.05, 0) is 35.9 Å². The summed E-state index contributed by atoms with van der Waals surface area (Å²) in [7, 11) is 0. The van der Waals surface area contributed by atoms with Gasteiger partial charge in [0.2, 0.25) is 5.28 Å². The number of hydrogen-bond acceptors (Lipinski definition) is 4. The zero-order chi connectivity index (χ0) is 17.8. The first-order chi connectivity index (χ1) is 12.8. The zero-order valence-corrected chi connectivity index (χ0v) is 14.5. The minimum Gasteiger partial charge on any atom is -0.457 e. The molecule has 0 saturated carbocycles. The number of aromatic nitrogens is 3. The summed E-state index contributed by atoms with van der Waals surface area (Å²) in [5, 5.41) is 0.156. The van der Waals surface area contributed by atoms with Gasteiger partial charge >= 0.3 is 0 Å². The highest BCUT2D eigenvalue weighted by Gasteiger charge is 2.10. The average Bonchev–Trinajstić information content (AvgIpc) is 2.69. The van der Waals surface area contributed by atoms with Gasteiger partial charge in [-0.3, -0.25) is 0 Å². The third kappa shape index (κ3) is 3.71. The first kappa shape index (κ1) is 16.2. The summed E-state index contributed by atoms with van der Waals surface area (Å²) in [4.78, 5) is 13.1. The highest BCUT2D eigenvalue weighted by molar-refractivity contribution is 6.28. The molecule has 0 unspecified atom stereocenters. The Hall–Kier alpha value is -3.24. The molecule has 0 spiro atoms. The van der Waals surface area contributed by atoms with Crippen LogP contribution in [0.3, 0.4) is 0 Å². The molecule has 0 N–H and O–H groups in total. The highest BCUT2D eigenvalue weighted by Crippen LogP contribution is 2.27. The third-order valence-corrected chi connectivity index (χ3v) is 3.88. The van der Waals surface area contributed by atoms with Gasteiger partial charge in [-0.1, -0.05) is 60.7 Å². The minimum absolute atomic E-state index is 0.156. The molecule has 4 rings (SSSR count). The summed E-state index contributed by atoms with van der Waals surface area (Å²) < 4.78 is 5.88. The molecule has 0 atom stereocenters. The van der Waals surface area contributed by atoms with Crippen LogP contribution in [-0.4, -0.2) is 15.0 Å². The van der Waals surface area contributed by atoms with E-state index in [1.807, 2.05) is 84.9 Å². The summed E-state index contributed by atoms with van der Waals surface area (Å²) in [6, 6.07) is 26.9. The van der Waals surface area contributed by atoms with Crippen molar-refractivity contribution in [1.29, 1.82) is 0 Å². The molecule has 3 aromatic carbocycles. The van der Waals surface area contributed by atoms with Crippen LogP contribution >= 0.6 is 11.6 Å². The fourth-order valence-corrected chi connectivity index (χ4v) is 2.68. The molecule has 0 aliphatic rings. The van der Waals surface area contributed by atoms with Gasteiger partial charge in [-0.2, -0.15) is 9.97 Å². The van der Waals surface area contributed by atoms with Crippen LogP contribution in [0, 0.1) is 0 Å². The van der Waals surface area contributed by atoms with E-state index < -0.39 is 0 Å². The molecule has 126 valence electrons. The normalized spacial score (nSPS) is 10.5. The van der Waals surface area contributed by atoms with Crippen LogP contribution in [-0.2, 0) is 0 Å². The van der Waals surface area contributed by atoms with Crippen LogP contribution in [0.1, 0.15) is 0 Å². The van der Waals surface area contributed by atoms with Gasteiger partial charge in [0.05, 0.1) is 0 Å². The van der Waals surface area contributed by atoms with Gasteiger partial charge in [-0.25, -0.2) is 4.98 Å². The summed E-state index contributed by atoms with van der Waals surface area (Å²) in [6.07, 6.45) is 0. The molecule has 1 aromatic heterocycles. The maximum absolute atomic E-state index is 6.13.